The van der Waals surface area contributed by atoms with Crippen molar-refractivity contribution >= 4 is 32.8 Å². The van der Waals surface area contributed by atoms with Crippen LogP contribution in [0.3, 0.4) is 0 Å². The summed E-state index contributed by atoms with van der Waals surface area (Å²) >= 11 is 0. The number of hydrogen-bond donors (Lipinski definition) is 0. The Labute approximate surface area is 390 Å². The van der Waals surface area contributed by atoms with Crippen LogP contribution >= 0.6 is 0 Å². The molecule has 10 rings (SSSR count). The average Bonchev–Trinajstić information content (AvgIpc) is 3.82. The van der Waals surface area contributed by atoms with E-state index in [4.69, 9.17) is 9.72 Å². The normalized spacial score (nSPS) is 11.9. The number of pyridine rings is 1. The van der Waals surface area contributed by atoms with E-state index in [-0.39, 0.29) is 31.9 Å². The summed E-state index contributed by atoms with van der Waals surface area (Å²) in [5.74, 6) is 2.04. The second-order valence-corrected chi connectivity index (χ2v) is 18.8. The maximum absolute atomic E-state index is 6.71. The van der Waals surface area contributed by atoms with Crippen molar-refractivity contribution in [3.8, 4) is 50.9 Å². The van der Waals surface area contributed by atoms with Crippen LogP contribution in [-0.4, -0.2) is 14.1 Å². The molecule has 0 aliphatic carbocycles. The Morgan fingerprint density at radius 3 is 1.98 bits per heavy atom. The van der Waals surface area contributed by atoms with Gasteiger partial charge < -0.3 is 13.9 Å². The van der Waals surface area contributed by atoms with Crippen LogP contribution in [0.25, 0.3) is 72.3 Å². The number of rotatable bonds is 8. The molecule has 0 saturated carbocycles. The molecule has 320 valence electrons. The molecule has 0 aliphatic rings. The van der Waals surface area contributed by atoms with Gasteiger partial charge in [-0.1, -0.05) is 156 Å². The van der Waals surface area contributed by atoms with E-state index in [0.717, 1.165) is 78.9 Å². The van der Waals surface area contributed by atoms with Crippen molar-refractivity contribution < 1.29 is 30.4 Å². The molecule has 64 heavy (non-hydrogen) atoms. The third-order valence-electron chi connectivity index (χ3n) is 11.8. The van der Waals surface area contributed by atoms with Gasteiger partial charge in [-0.05, 0) is 92.4 Å². The summed E-state index contributed by atoms with van der Waals surface area (Å²) < 4.78 is 13.3. The molecule has 3 heterocycles. The quantitative estimate of drug-likeness (QED) is 0.112. The van der Waals surface area contributed by atoms with E-state index >= 15 is 0 Å². The number of hydrogen-bond acceptors (Lipinski definition) is 2. The second-order valence-electron chi connectivity index (χ2n) is 18.8. The zero-order valence-corrected chi connectivity index (χ0v) is 39.6. The molecule has 0 atom stereocenters. The Bertz CT molecular complexity index is 3260. The van der Waals surface area contributed by atoms with E-state index in [9.17, 15) is 0 Å². The van der Waals surface area contributed by atoms with Crippen LogP contribution < -0.4 is 9.30 Å². The third kappa shape index (κ3) is 8.10. The molecule has 0 radical (unpaired) electrons. The van der Waals surface area contributed by atoms with Gasteiger partial charge in [0.05, 0.1) is 16.7 Å². The molecular weight excluding hydrogens is 964 g/mol. The van der Waals surface area contributed by atoms with Gasteiger partial charge in [0, 0.05) is 44.3 Å². The molecule has 0 saturated heterocycles. The summed E-state index contributed by atoms with van der Waals surface area (Å²) in [5.41, 5.74) is 14.3. The van der Waals surface area contributed by atoms with Crippen molar-refractivity contribution in [2.24, 2.45) is 5.41 Å². The van der Waals surface area contributed by atoms with Crippen LogP contribution in [-0.2, 0) is 32.9 Å². The molecule has 0 fully saturated rings. The number of ether oxygens (including phenoxy) is 1. The number of aromatic nitrogens is 4. The van der Waals surface area contributed by atoms with E-state index < -0.39 is 0 Å². The van der Waals surface area contributed by atoms with Gasteiger partial charge in [-0.3, -0.25) is 4.57 Å². The summed E-state index contributed by atoms with van der Waals surface area (Å²) in [7, 11) is 0. The minimum Gasteiger partial charge on any atom is -0.510 e. The van der Waals surface area contributed by atoms with Crippen molar-refractivity contribution in [3.05, 3.63) is 199 Å². The Hall–Kier alpha value is -6.55. The van der Waals surface area contributed by atoms with Gasteiger partial charge in [0.1, 0.15) is 5.82 Å². The molecule has 0 N–H and O–H groups in total. The second kappa shape index (κ2) is 16.9. The zero-order valence-electron chi connectivity index (χ0n) is 37.3. The minimum atomic E-state index is -0.00297. The third-order valence-corrected chi connectivity index (χ3v) is 11.8. The maximum Gasteiger partial charge on any atom is 0.268 e. The summed E-state index contributed by atoms with van der Waals surface area (Å²) in [6, 6.07) is 62.8. The average molecular weight is 1010 g/mol. The molecule has 6 heteroatoms. The predicted molar refractivity (Wildman–Crippen MR) is 257 cm³/mol. The largest absolute Gasteiger partial charge is 0.510 e. The zero-order chi connectivity index (χ0) is 43.5. The molecule has 0 aliphatic heterocycles. The summed E-state index contributed by atoms with van der Waals surface area (Å²) in [5, 5.41) is 2.27. The van der Waals surface area contributed by atoms with Crippen molar-refractivity contribution in [1.82, 2.24) is 14.1 Å². The number of nitrogens with zero attached hydrogens (tertiary/aromatic N) is 4. The van der Waals surface area contributed by atoms with E-state index in [0.29, 0.717) is 11.5 Å². The number of para-hydroxylation sites is 2. The standard InChI is InChI=1S/C58H50N4O.Pt/c1-39-17-14-26-52-55(39)61(56-47(41-18-10-8-11-19-41)24-16-25-48(56)42-20-12-9-13-21-42)38-60(52)44-22-15-23-45(35-44)63-46-28-29-49-50-34-43(58(5,6)7)27-30-51(50)62(53(49)36-46)54-33-40(31-32-59-54)37-57(2,3)4;/h8-34H,37H2,1-7H3;/q-2;. The van der Waals surface area contributed by atoms with Gasteiger partial charge in [-0.25, -0.2) is 4.98 Å². The van der Waals surface area contributed by atoms with Crippen LogP contribution in [0, 0.1) is 30.8 Å². The van der Waals surface area contributed by atoms with E-state index in [2.05, 4.69) is 220 Å². The summed E-state index contributed by atoms with van der Waals surface area (Å²) in [6.07, 6.45) is 6.67. The van der Waals surface area contributed by atoms with Gasteiger partial charge in [0.25, 0.3) is 6.33 Å². The van der Waals surface area contributed by atoms with Crippen molar-refractivity contribution in [2.75, 3.05) is 0 Å². The first-order valence-electron chi connectivity index (χ1n) is 21.8. The molecule has 5 nitrogen and oxygen atoms in total. The fourth-order valence-electron chi connectivity index (χ4n) is 8.89. The predicted octanol–water partition coefficient (Wildman–Crippen LogP) is 14.1. The summed E-state index contributed by atoms with van der Waals surface area (Å²) in [4.78, 5) is 4.93. The van der Waals surface area contributed by atoms with Crippen LogP contribution in [0.2, 0.25) is 0 Å². The van der Waals surface area contributed by atoms with Crippen LogP contribution in [0.4, 0.5) is 0 Å². The molecule has 7 aromatic carbocycles. The molecule has 3 aromatic heterocycles. The summed E-state index contributed by atoms with van der Waals surface area (Å²) in [6.45, 7) is 15.8. The number of fused-ring (bicyclic) bond motifs is 4. The Morgan fingerprint density at radius 2 is 1.30 bits per heavy atom. The van der Waals surface area contributed by atoms with Crippen molar-refractivity contribution in [3.63, 3.8) is 0 Å². The first-order valence-corrected chi connectivity index (χ1v) is 21.8. The van der Waals surface area contributed by atoms with Crippen LogP contribution in [0.1, 0.15) is 58.2 Å². The van der Waals surface area contributed by atoms with Crippen LogP contribution in [0.15, 0.2) is 164 Å². The monoisotopic (exact) mass is 1010 g/mol. The minimum absolute atomic E-state index is 0. The molecule has 0 amide bonds. The smallest absolute Gasteiger partial charge is 0.268 e. The maximum atomic E-state index is 6.71. The van der Waals surface area contributed by atoms with E-state index in [1.807, 2.05) is 24.4 Å². The number of benzene rings is 7. The SMILES string of the molecule is Cc1cccc2c1[n+](-c1c(-c3ccccc3)cccc1-c1ccccc1)[c-]n2-c1[c-]c(Oc2[c-]c3c(cc2)c2cc(C(C)(C)C)ccc2n3-c2cc(CC(C)(C)C)ccn2)ccc1.[Pt]. The molecule has 0 spiro atoms. The van der Waals surface area contributed by atoms with Crippen molar-refractivity contribution in [2.45, 2.75) is 60.3 Å². The Kier molecular flexibility index (Phi) is 11.3. The van der Waals surface area contributed by atoms with Crippen molar-refractivity contribution in [1.29, 1.82) is 0 Å². The van der Waals surface area contributed by atoms with Crippen LogP contribution in [0.5, 0.6) is 11.5 Å². The molecule has 0 bridgehead atoms. The van der Waals surface area contributed by atoms with Gasteiger partial charge in [0.15, 0.2) is 0 Å². The fourth-order valence-corrected chi connectivity index (χ4v) is 8.89. The Morgan fingerprint density at radius 1 is 0.625 bits per heavy atom. The molecule has 10 aromatic rings. The first kappa shape index (κ1) is 42.7. The molecular formula is C58H50N4OPt-2. The number of imidazole rings is 1. The number of aryl methyl sites for hydroxylation is 1. The van der Waals surface area contributed by atoms with E-state index in [1.165, 1.54) is 16.5 Å². The topological polar surface area (TPSA) is 35.9 Å². The van der Waals surface area contributed by atoms with E-state index in [1.54, 1.807) is 0 Å². The van der Waals surface area contributed by atoms with Gasteiger partial charge in [-0.2, -0.15) is 18.2 Å². The molecule has 0 unspecified atom stereocenters. The van der Waals surface area contributed by atoms with Gasteiger partial charge >= 0.3 is 0 Å². The fraction of sp³-hybridized carbons (Fsp3) is 0.172. The van der Waals surface area contributed by atoms with Gasteiger partial charge in [0.2, 0.25) is 0 Å². The van der Waals surface area contributed by atoms with Gasteiger partial charge in [-0.15, -0.1) is 29.7 Å². The first-order chi connectivity index (χ1) is 30.4. The Balaban J connectivity index is 0.00000518.